The maximum absolute atomic E-state index is 13.7. The molecular formula is C32H43F2N3O3. The first-order chi connectivity index (χ1) is 18.9. The van der Waals surface area contributed by atoms with Crippen LogP contribution in [-0.2, 0) is 9.53 Å². The maximum Gasteiger partial charge on any atom is 0.410 e. The summed E-state index contributed by atoms with van der Waals surface area (Å²) in [5.74, 6) is 0.0447. The molecule has 0 aliphatic carbocycles. The summed E-state index contributed by atoms with van der Waals surface area (Å²) in [4.78, 5) is 32.1. The number of rotatable bonds is 6. The fourth-order valence-corrected chi connectivity index (χ4v) is 5.86. The highest BCUT2D eigenvalue weighted by molar-refractivity contribution is 5.77. The number of halogens is 2. The van der Waals surface area contributed by atoms with Crippen molar-refractivity contribution in [3.8, 4) is 0 Å². The van der Waals surface area contributed by atoms with Gasteiger partial charge in [-0.3, -0.25) is 9.69 Å². The molecule has 2 fully saturated rings. The topological polar surface area (TPSA) is 53.1 Å². The van der Waals surface area contributed by atoms with E-state index in [1.807, 2.05) is 25.7 Å². The third-order valence-corrected chi connectivity index (χ3v) is 8.01. The molecule has 8 heteroatoms. The lowest BCUT2D eigenvalue weighted by Gasteiger charge is -2.47. The molecule has 2 heterocycles. The molecule has 2 aliphatic rings. The number of likely N-dealkylation sites (tertiary alicyclic amines) is 1. The Labute approximate surface area is 237 Å². The van der Waals surface area contributed by atoms with E-state index in [0.29, 0.717) is 39.1 Å². The van der Waals surface area contributed by atoms with Crippen molar-refractivity contribution in [3.63, 3.8) is 0 Å². The Morgan fingerprint density at radius 3 is 1.88 bits per heavy atom. The minimum atomic E-state index is -0.524. The average molecular weight is 556 g/mol. The lowest BCUT2D eigenvalue weighted by molar-refractivity contribution is -0.139. The van der Waals surface area contributed by atoms with Crippen LogP contribution in [0.5, 0.6) is 0 Å². The van der Waals surface area contributed by atoms with Crippen LogP contribution in [0.3, 0.4) is 0 Å². The predicted molar refractivity (Wildman–Crippen MR) is 152 cm³/mol. The average Bonchev–Trinajstić information content (AvgIpc) is 2.90. The van der Waals surface area contributed by atoms with Crippen molar-refractivity contribution >= 4 is 12.0 Å². The fraction of sp³-hybridized carbons (Fsp3) is 0.562. The fourth-order valence-electron chi connectivity index (χ4n) is 5.86. The largest absolute Gasteiger partial charge is 0.444 e. The zero-order chi connectivity index (χ0) is 29.0. The molecule has 0 radical (unpaired) electrons. The van der Waals surface area contributed by atoms with Gasteiger partial charge in [0.2, 0.25) is 5.91 Å². The normalized spacial score (nSPS) is 19.4. The Morgan fingerprint density at radius 1 is 0.875 bits per heavy atom. The van der Waals surface area contributed by atoms with Crippen LogP contribution in [0, 0.1) is 23.5 Å². The van der Waals surface area contributed by atoms with Crippen molar-refractivity contribution in [3.05, 3.63) is 71.3 Å². The SMILES string of the molecule is CC(C)[C@H]1CN(C(c2ccc(F)cc2)c2ccc(F)cc2)CCN1C(=O)CC1CCN(C(=O)OC(C)(C)C)CC1. The number of hydrogen-bond donors (Lipinski definition) is 0. The molecule has 0 N–H and O–H groups in total. The van der Waals surface area contributed by atoms with Crippen LogP contribution in [0.25, 0.3) is 0 Å². The number of piperazine rings is 1. The monoisotopic (exact) mass is 555 g/mol. The molecule has 2 saturated heterocycles. The van der Waals surface area contributed by atoms with Crippen LogP contribution in [0.4, 0.5) is 13.6 Å². The van der Waals surface area contributed by atoms with Crippen molar-refractivity contribution in [1.82, 2.24) is 14.7 Å². The van der Waals surface area contributed by atoms with Crippen molar-refractivity contribution in [2.45, 2.75) is 71.6 Å². The zero-order valence-electron chi connectivity index (χ0n) is 24.4. The molecule has 2 amide bonds. The summed E-state index contributed by atoms with van der Waals surface area (Å²) in [5.41, 5.74) is 1.35. The van der Waals surface area contributed by atoms with E-state index in [1.165, 1.54) is 24.3 Å². The molecule has 0 unspecified atom stereocenters. The number of benzene rings is 2. The molecule has 0 aromatic heterocycles. The zero-order valence-corrected chi connectivity index (χ0v) is 24.4. The van der Waals surface area contributed by atoms with E-state index in [9.17, 15) is 18.4 Å². The molecule has 6 nitrogen and oxygen atoms in total. The van der Waals surface area contributed by atoms with Crippen LogP contribution in [-0.4, -0.2) is 71.1 Å². The van der Waals surface area contributed by atoms with Gasteiger partial charge in [-0.25, -0.2) is 13.6 Å². The van der Waals surface area contributed by atoms with Crippen LogP contribution in [0.15, 0.2) is 48.5 Å². The van der Waals surface area contributed by atoms with E-state index in [1.54, 1.807) is 29.2 Å². The lowest BCUT2D eigenvalue weighted by atomic mass is 9.90. The second-order valence-electron chi connectivity index (χ2n) is 12.5. The van der Waals surface area contributed by atoms with Gasteiger partial charge in [-0.1, -0.05) is 38.1 Å². The smallest absolute Gasteiger partial charge is 0.410 e. The maximum atomic E-state index is 13.7. The Hall–Kier alpha value is -3.00. The highest BCUT2D eigenvalue weighted by Gasteiger charge is 2.37. The van der Waals surface area contributed by atoms with Gasteiger partial charge in [0.25, 0.3) is 0 Å². The van der Waals surface area contributed by atoms with Gasteiger partial charge >= 0.3 is 6.09 Å². The van der Waals surface area contributed by atoms with Gasteiger partial charge in [0, 0.05) is 45.2 Å². The minimum absolute atomic E-state index is 0.0199. The van der Waals surface area contributed by atoms with E-state index >= 15 is 0 Å². The quantitative estimate of drug-likeness (QED) is 0.422. The van der Waals surface area contributed by atoms with Gasteiger partial charge in [0.05, 0.1) is 6.04 Å². The third kappa shape index (κ3) is 7.59. The van der Waals surface area contributed by atoms with Crippen molar-refractivity contribution in [2.24, 2.45) is 11.8 Å². The summed E-state index contributed by atoms with van der Waals surface area (Å²) in [5, 5.41) is 0. The number of nitrogens with zero attached hydrogens (tertiary/aromatic N) is 3. The van der Waals surface area contributed by atoms with Gasteiger partial charge in [0.1, 0.15) is 17.2 Å². The molecule has 0 bridgehead atoms. The standard InChI is InChI=1S/C32H43F2N3O3/c1-22(2)28-21-36(30(24-6-10-26(33)11-7-24)25-8-12-27(34)13-9-25)18-19-37(28)29(38)20-23-14-16-35(17-15-23)31(39)40-32(3,4)5/h6-13,22-23,28,30H,14-21H2,1-5H3/t28-/m1/s1. The van der Waals surface area contributed by atoms with Crippen LogP contribution in [0.2, 0.25) is 0 Å². The minimum Gasteiger partial charge on any atom is -0.444 e. The van der Waals surface area contributed by atoms with Gasteiger partial charge in [-0.05, 0) is 80.8 Å². The van der Waals surface area contributed by atoms with E-state index < -0.39 is 5.60 Å². The summed E-state index contributed by atoms with van der Waals surface area (Å²) in [6.45, 7) is 13.0. The lowest BCUT2D eigenvalue weighted by Crippen LogP contribution is -2.58. The van der Waals surface area contributed by atoms with Gasteiger partial charge in [0.15, 0.2) is 0 Å². The highest BCUT2D eigenvalue weighted by atomic mass is 19.1. The van der Waals surface area contributed by atoms with Crippen molar-refractivity contribution in [2.75, 3.05) is 32.7 Å². The van der Waals surface area contributed by atoms with Crippen molar-refractivity contribution in [1.29, 1.82) is 0 Å². The van der Waals surface area contributed by atoms with Gasteiger partial charge in [-0.15, -0.1) is 0 Å². The summed E-state index contributed by atoms with van der Waals surface area (Å²) in [7, 11) is 0. The van der Waals surface area contributed by atoms with Crippen LogP contribution in [0.1, 0.15) is 71.0 Å². The van der Waals surface area contributed by atoms with Crippen molar-refractivity contribution < 1.29 is 23.1 Å². The number of amides is 2. The number of carbonyl (C=O) groups excluding carboxylic acids is 2. The summed E-state index contributed by atoms with van der Waals surface area (Å²) in [6.07, 6.45) is 1.76. The molecule has 4 rings (SSSR count). The molecular weight excluding hydrogens is 512 g/mol. The first-order valence-corrected chi connectivity index (χ1v) is 14.4. The number of carbonyl (C=O) groups is 2. The third-order valence-electron chi connectivity index (χ3n) is 8.01. The van der Waals surface area contributed by atoms with Gasteiger partial charge in [-0.2, -0.15) is 0 Å². The first-order valence-electron chi connectivity index (χ1n) is 14.4. The molecule has 2 aromatic carbocycles. The molecule has 2 aromatic rings. The Bertz CT molecular complexity index is 1090. The molecule has 0 spiro atoms. The summed E-state index contributed by atoms with van der Waals surface area (Å²) >= 11 is 0. The molecule has 2 aliphatic heterocycles. The Kier molecular flexibility index (Phi) is 9.49. The second-order valence-corrected chi connectivity index (χ2v) is 12.5. The highest BCUT2D eigenvalue weighted by Crippen LogP contribution is 2.33. The molecule has 40 heavy (non-hydrogen) atoms. The predicted octanol–water partition coefficient (Wildman–Crippen LogP) is 6.26. The van der Waals surface area contributed by atoms with Crippen LogP contribution >= 0.6 is 0 Å². The summed E-state index contributed by atoms with van der Waals surface area (Å²) < 4.78 is 33.0. The molecule has 218 valence electrons. The second kappa shape index (κ2) is 12.7. The summed E-state index contributed by atoms with van der Waals surface area (Å²) in [6, 6.07) is 12.8. The van der Waals surface area contributed by atoms with Gasteiger partial charge < -0.3 is 14.5 Å². The van der Waals surface area contributed by atoms with E-state index in [-0.39, 0.29) is 47.6 Å². The number of ether oxygens (including phenoxy) is 1. The Balaban J connectivity index is 1.42. The number of hydrogen-bond acceptors (Lipinski definition) is 4. The molecule has 0 saturated carbocycles. The number of piperidine rings is 1. The Morgan fingerprint density at radius 2 is 1.40 bits per heavy atom. The van der Waals surface area contributed by atoms with E-state index in [2.05, 4.69) is 18.7 Å². The molecule has 1 atom stereocenters. The van der Waals surface area contributed by atoms with E-state index in [0.717, 1.165) is 24.0 Å². The van der Waals surface area contributed by atoms with E-state index in [4.69, 9.17) is 4.74 Å². The van der Waals surface area contributed by atoms with Crippen LogP contribution < -0.4 is 0 Å². The first kappa shape index (κ1) is 30.0.